The number of sulfonamides is 1. The fraction of sp³-hybridized carbons (Fsp3) is 0.538. The van der Waals surface area contributed by atoms with Gasteiger partial charge >= 0.3 is 0 Å². The lowest BCUT2D eigenvalue weighted by atomic mass is 10.2. The van der Waals surface area contributed by atoms with E-state index in [1.54, 1.807) is 23.9 Å². The summed E-state index contributed by atoms with van der Waals surface area (Å²) >= 11 is 1.62. The van der Waals surface area contributed by atoms with E-state index in [4.69, 9.17) is 0 Å². The number of thioether (sulfide) groups is 1. The van der Waals surface area contributed by atoms with Crippen molar-refractivity contribution in [2.45, 2.75) is 31.3 Å². The van der Waals surface area contributed by atoms with Crippen molar-refractivity contribution in [3.05, 3.63) is 29.8 Å². The molecule has 0 fully saturated rings. The van der Waals surface area contributed by atoms with Gasteiger partial charge in [-0.2, -0.15) is 11.8 Å². The first-order chi connectivity index (χ1) is 8.97. The van der Waals surface area contributed by atoms with Crippen LogP contribution in [0.4, 0.5) is 0 Å². The van der Waals surface area contributed by atoms with Crippen molar-refractivity contribution >= 4 is 21.8 Å². The van der Waals surface area contributed by atoms with Gasteiger partial charge in [0.1, 0.15) is 0 Å². The third-order valence-corrected chi connectivity index (χ3v) is 4.73. The van der Waals surface area contributed by atoms with Gasteiger partial charge in [0, 0.05) is 24.9 Å². The van der Waals surface area contributed by atoms with E-state index < -0.39 is 10.0 Å². The van der Waals surface area contributed by atoms with Crippen LogP contribution < -0.4 is 10.0 Å². The average Bonchev–Trinajstić information content (AvgIpc) is 2.37. The van der Waals surface area contributed by atoms with E-state index in [0.717, 1.165) is 11.3 Å². The molecule has 0 aromatic heterocycles. The fourth-order valence-electron chi connectivity index (χ4n) is 1.58. The van der Waals surface area contributed by atoms with Gasteiger partial charge in [0.2, 0.25) is 10.0 Å². The molecule has 0 saturated heterocycles. The molecule has 0 atom stereocenters. The highest BCUT2D eigenvalue weighted by Crippen LogP contribution is 2.15. The maximum absolute atomic E-state index is 12.2. The van der Waals surface area contributed by atoms with Gasteiger partial charge in [-0.1, -0.05) is 32.0 Å². The summed E-state index contributed by atoms with van der Waals surface area (Å²) in [5, 5.41) is 3.25. The van der Waals surface area contributed by atoms with Crippen LogP contribution in [0.1, 0.15) is 19.4 Å². The Hall–Kier alpha value is -0.560. The lowest BCUT2D eigenvalue weighted by molar-refractivity contribution is 0.569. The topological polar surface area (TPSA) is 58.2 Å². The standard InChI is InChI=1S/C13H22N2O2S2/c1-11(2)14-10-12-6-4-5-7-13(12)19(16,17)15-8-9-18-3/h4-7,11,14-15H,8-10H2,1-3H3. The van der Waals surface area contributed by atoms with E-state index in [9.17, 15) is 8.42 Å². The molecule has 2 N–H and O–H groups in total. The SMILES string of the molecule is CSCCNS(=O)(=O)c1ccccc1CNC(C)C. The van der Waals surface area contributed by atoms with E-state index in [1.807, 2.05) is 32.2 Å². The fourth-order valence-corrected chi connectivity index (χ4v) is 3.29. The number of hydrogen-bond acceptors (Lipinski definition) is 4. The van der Waals surface area contributed by atoms with Crippen LogP contribution >= 0.6 is 11.8 Å². The van der Waals surface area contributed by atoms with Gasteiger partial charge in [-0.05, 0) is 17.9 Å². The highest BCUT2D eigenvalue weighted by atomic mass is 32.2. The molecule has 0 aliphatic carbocycles. The minimum Gasteiger partial charge on any atom is -0.310 e. The van der Waals surface area contributed by atoms with Crippen molar-refractivity contribution < 1.29 is 8.42 Å². The second-order valence-electron chi connectivity index (χ2n) is 4.53. The Labute approximate surface area is 120 Å². The molecular formula is C13H22N2O2S2. The first-order valence-electron chi connectivity index (χ1n) is 6.27. The monoisotopic (exact) mass is 302 g/mol. The van der Waals surface area contributed by atoms with Crippen LogP contribution in [0.15, 0.2) is 29.2 Å². The van der Waals surface area contributed by atoms with E-state index in [2.05, 4.69) is 10.0 Å². The van der Waals surface area contributed by atoms with E-state index in [0.29, 0.717) is 24.0 Å². The van der Waals surface area contributed by atoms with E-state index in [-0.39, 0.29) is 0 Å². The molecule has 0 saturated carbocycles. The number of benzene rings is 1. The highest BCUT2D eigenvalue weighted by Gasteiger charge is 2.17. The molecule has 0 unspecified atom stereocenters. The lowest BCUT2D eigenvalue weighted by Gasteiger charge is -2.13. The molecular weight excluding hydrogens is 280 g/mol. The Morgan fingerprint density at radius 1 is 1.26 bits per heavy atom. The van der Waals surface area contributed by atoms with Crippen LogP contribution in [0, 0.1) is 0 Å². The van der Waals surface area contributed by atoms with Crippen LogP contribution in [-0.4, -0.2) is 33.0 Å². The van der Waals surface area contributed by atoms with Crippen LogP contribution in [-0.2, 0) is 16.6 Å². The largest absolute Gasteiger partial charge is 0.310 e. The van der Waals surface area contributed by atoms with Crippen LogP contribution in [0.2, 0.25) is 0 Å². The van der Waals surface area contributed by atoms with Gasteiger partial charge in [-0.3, -0.25) is 0 Å². The first kappa shape index (κ1) is 16.5. The van der Waals surface area contributed by atoms with Crippen LogP contribution in [0.3, 0.4) is 0 Å². The Morgan fingerprint density at radius 2 is 1.95 bits per heavy atom. The van der Waals surface area contributed by atoms with Crippen molar-refractivity contribution in [3.63, 3.8) is 0 Å². The summed E-state index contributed by atoms with van der Waals surface area (Å²) in [5.41, 5.74) is 0.799. The molecule has 0 aliphatic heterocycles. The maximum Gasteiger partial charge on any atom is 0.240 e. The Balaban J connectivity index is 2.86. The Kier molecular flexibility index (Phi) is 6.85. The molecule has 4 nitrogen and oxygen atoms in total. The van der Waals surface area contributed by atoms with Crippen molar-refractivity contribution in [2.24, 2.45) is 0 Å². The van der Waals surface area contributed by atoms with Crippen molar-refractivity contribution in [3.8, 4) is 0 Å². The Bertz CT molecular complexity index is 487. The molecule has 0 aliphatic rings. The minimum atomic E-state index is -3.41. The highest BCUT2D eigenvalue weighted by molar-refractivity contribution is 7.98. The predicted octanol–water partition coefficient (Wildman–Crippen LogP) is 1.83. The summed E-state index contributed by atoms with van der Waals surface area (Å²) in [4.78, 5) is 0.365. The Morgan fingerprint density at radius 3 is 2.58 bits per heavy atom. The summed E-state index contributed by atoms with van der Waals surface area (Å²) in [7, 11) is -3.41. The van der Waals surface area contributed by atoms with Crippen molar-refractivity contribution in [1.29, 1.82) is 0 Å². The first-order valence-corrected chi connectivity index (χ1v) is 9.15. The van der Waals surface area contributed by atoms with Gasteiger partial charge in [0.05, 0.1) is 4.90 Å². The summed E-state index contributed by atoms with van der Waals surface area (Å²) in [6, 6.07) is 7.43. The smallest absolute Gasteiger partial charge is 0.240 e. The summed E-state index contributed by atoms with van der Waals surface area (Å²) in [6.45, 7) is 5.08. The quantitative estimate of drug-likeness (QED) is 0.719. The van der Waals surface area contributed by atoms with E-state index >= 15 is 0 Å². The molecule has 1 rings (SSSR count). The normalized spacial score (nSPS) is 12.0. The number of nitrogens with one attached hydrogen (secondary N) is 2. The van der Waals surface area contributed by atoms with Gasteiger partial charge in [0.15, 0.2) is 0 Å². The molecule has 108 valence electrons. The molecule has 0 bridgehead atoms. The van der Waals surface area contributed by atoms with Gasteiger partial charge in [-0.25, -0.2) is 13.1 Å². The second-order valence-corrected chi connectivity index (χ2v) is 7.25. The van der Waals surface area contributed by atoms with Gasteiger partial charge in [0.25, 0.3) is 0 Å². The maximum atomic E-state index is 12.2. The van der Waals surface area contributed by atoms with Gasteiger partial charge < -0.3 is 5.32 Å². The van der Waals surface area contributed by atoms with Crippen molar-refractivity contribution in [1.82, 2.24) is 10.0 Å². The summed E-state index contributed by atoms with van der Waals surface area (Å²) in [6.07, 6.45) is 1.95. The molecule has 0 spiro atoms. The second kappa shape index (κ2) is 7.89. The third kappa shape index (κ3) is 5.52. The number of hydrogen-bond donors (Lipinski definition) is 2. The zero-order valence-corrected chi connectivity index (χ0v) is 13.3. The molecule has 6 heteroatoms. The predicted molar refractivity (Wildman–Crippen MR) is 82.0 cm³/mol. The zero-order valence-electron chi connectivity index (χ0n) is 11.6. The summed E-state index contributed by atoms with van der Waals surface area (Å²) in [5.74, 6) is 0.769. The van der Waals surface area contributed by atoms with Crippen LogP contribution in [0.5, 0.6) is 0 Å². The zero-order chi connectivity index (χ0) is 14.3. The van der Waals surface area contributed by atoms with Crippen LogP contribution in [0.25, 0.3) is 0 Å². The van der Waals surface area contributed by atoms with Crippen molar-refractivity contribution in [2.75, 3.05) is 18.6 Å². The lowest BCUT2D eigenvalue weighted by Crippen LogP contribution is -2.28. The number of rotatable bonds is 8. The average molecular weight is 302 g/mol. The molecule has 19 heavy (non-hydrogen) atoms. The molecule has 0 heterocycles. The summed E-state index contributed by atoms with van der Waals surface area (Å²) < 4.78 is 27.1. The molecule has 1 aromatic carbocycles. The van der Waals surface area contributed by atoms with Gasteiger partial charge in [-0.15, -0.1) is 0 Å². The third-order valence-electron chi connectivity index (χ3n) is 2.56. The minimum absolute atomic E-state index is 0.320. The molecule has 0 radical (unpaired) electrons. The molecule has 0 amide bonds. The van der Waals surface area contributed by atoms with E-state index in [1.165, 1.54) is 0 Å². The molecule has 1 aromatic rings.